The topological polar surface area (TPSA) is 88.3 Å². The van der Waals surface area contributed by atoms with Crippen LogP contribution in [0, 0.1) is 0 Å². The molecule has 2 heterocycles. The van der Waals surface area contributed by atoms with Crippen LogP contribution in [0.15, 0.2) is 12.3 Å². The molecule has 0 spiro atoms. The molecule has 0 aromatic carbocycles. The molecule has 1 N–H and O–H groups in total. The van der Waals surface area contributed by atoms with Crippen LogP contribution in [-0.4, -0.2) is 51.0 Å². The van der Waals surface area contributed by atoms with Gasteiger partial charge in [0, 0.05) is 31.7 Å². The first-order chi connectivity index (χ1) is 10.9. The van der Waals surface area contributed by atoms with Crippen molar-refractivity contribution >= 4 is 35.0 Å². The first-order valence-corrected chi connectivity index (χ1v) is 7.70. The van der Waals surface area contributed by atoms with Gasteiger partial charge < -0.3 is 14.6 Å². The zero-order valence-electron chi connectivity index (χ0n) is 13.1. The Bertz CT molecular complexity index is 708. The van der Waals surface area contributed by atoms with Gasteiger partial charge in [0.15, 0.2) is 0 Å². The minimum Gasteiger partial charge on any atom is -0.477 e. The van der Waals surface area contributed by atoms with Crippen LogP contribution in [0.4, 0.5) is 0 Å². The number of hydrogen-bond acceptors (Lipinski definition) is 4. The van der Waals surface area contributed by atoms with Gasteiger partial charge in [-0.05, 0) is 30.5 Å². The molecular formula is C15H19ClN4O3. The van der Waals surface area contributed by atoms with Gasteiger partial charge in [0.25, 0.3) is 0 Å². The number of aromatic nitrogens is 3. The van der Waals surface area contributed by atoms with Gasteiger partial charge in [-0.2, -0.15) is 4.98 Å². The largest absolute Gasteiger partial charge is 0.477 e. The first-order valence-electron chi connectivity index (χ1n) is 7.32. The molecule has 8 heteroatoms. The SMILES string of the molecule is CN(C)C=O.O=C(O)c1cc2cnc(Cl)nc2n1C1CCCC1. The molecule has 7 nitrogen and oxygen atoms in total. The molecule has 0 bridgehead atoms. The molecule has 1 saturated carbocycles. The fourth-order valence-corrected chi connectivity index (χ4v) is 2.81. The number of halogens is 1. The van der Waals surface area contributed by atoms with E-state index in [1.165, 1.54) is 4.90 Å². The molecule has 1 amide bonds. The van der Waals surface area contributed by atoms with E-state index in [4.69, 9.17) is 11.6 Å². The van der Waals surface area contributed by atoms with Crippen molar-refractivity contribution in [3.05, 3.63) is 23.2 Å². The van der Waals surface area contributed by atoms with Crippen LogP contribution in [0.1, 0.15) is 42.2 Å². The number of carbonyl (C=O) groups excluding carboxylic acids is 1. The van der Waals surface area contributed by atoms with E-state index in [1.807, 2.05) is 0 Å². The standard InChI is InChI=1S/C12H12ClN3O2.C3H7NO/c13-12-14-6-7-5-9(11(17)18)16(10(7)15-12)8-3-1-2-4-8;1-4(2)3-5/h5-6,8H,1-4H2,(H,17,18);3H,1-2H3. The number of hydrogen-bond donors (Lipinski definition) is 1. The number of nitrogens with zero attached hydrogens (tertiary/aromatic N) is 4. The van der Waals surface area contributed by atoms with E-state index < -0.39 is 5.97 Å². The maximum absolute atomic E-state index is 11.3. The number of rotatable bonds is 3. The Labute approximate surface area is 138 Å². The summed E-state index contributed by atoms with van der Waals surface area (Å²) in [5, 5.41) is 10.2. The van der Waals surface area contributed by atoms with Crippen molar-refractivity contribution in [2.45, 2.75) is 31.7 Å². The molecule has 124 valence electrons. The minimum atomic E-state index is -0.934. The summed E-state index contributed by atoms with van der Waals surface area (Å²) in [5.74, 6) is -0.934. The van der Waals surface area contributed by atoms with E-state index >= 15 is 0 Å². The summed E-state index contributed by atoms with van der Waals surface area (Å²) in [6.07, 6.45) is 6.56. The number of fused-ring (bicyclic) bond motifs is 1. The molecule has 0 radical (unpaired) electrons. The molecule has 0 aliphatic heterocycles. The predicted molar refractivity (Wildman–Crippen MR) is 86.8 cm³/mol. The highest BCUT2D eigenvalue weighted by Gasteiger charge is 2.25. The minimum absolute atomic E-state index is 0.150. The van der Waals surface area contributed by atoms with Crippen molar-refractivity contribution in [2.24, 2.45) is 0 Å². The van der Waals surface area contributed by atoms with Crippen molar-refractivity contribution in [1.29, 1.82) is 0 Å². The van der Waals surface area contributed by atoms with E-state index in [0.717, 1.165) is 37.5 Å². The van der Waals surface area contributed by atoms with Gasteiger partial charge in [-0.15, -0.1) is 0 Å². The number of aromatic carboxylic acids is 1. The highest BCUT2D eigenvalue weighted by Crippen LogP contribution is 2.34. The third kappa shape index (κ3) is 3.98. The average Bonchev–Trinajstić information content (AvgIpc) is 3.13. The van der Waals surface area contributed by atoms with Gasteiger partial charge in [0.1, 0.15) is 11.3 Å². The lowest BCUT2D eigenvalue weighted by Gasteiger charge is -2.14. The molecule has 0 atom stereocenters. The normalized spacial score (nSPS) is 14.4. The summed E-state index contributed by atoms with van der Waals surface area (Å²) >= 11 is 5.80. The zero-order chi connectivity index (χ0) is 17.0. The van der Waals surface area contributed by atoms with Crippen LogP contribution in [0.2, 0.25) is 5.28 Å². The first kappa shape index (κ1) is 17.2. The summed E-state index contributed by atoms with van der Waals surface area (Å²) in [6, 6.07) is 1.83. The number of amides is 1. The van der Waals surface area contributed by atoms with Crippen molar-refractivity contribution in [1.82, 2.24) is 19.4 Å². The molecule has 1 fully saturated rings. The molecular weight excluding hydrogens is 320 g/mol. The van der Waals surface area contributed by atoms with Crippen LogP contribution >= 0.6 is 11.6 Å². The number of carboxylic acids is 1. The van der Waals surface area contributed by atoms with Crippen molar-refractivity contribution in [2.75, 3.05) is 14.1 Å². The second-order valence-corrected chi connectivity index (χ2v) is 5.97. The van der Waals surface area contributed by atoms with Crippen LogP contribution in [0.3, 0.4) is 0 Å². The molecule has 3 rings (SSSR count). The third-order valence-corrected chi connectivity index (χ3v) is 3.85. The Hall–Kier alpha value is -2.15. The Kier molecular flexibility index (Phi) is 5.54. The van der Waals surface area contributed by atoms with Crippen molar-refractivity contribution in [3.8, 4) is 0 Å². The molecule has 2 aromatic heterocycles. The fraction of sp³-hybridized carbons (Fsp3) is 0.467. The smallest absolute Gasteiger partial charge is 0.352 e. The lowest BCUT2D eigenvalue weighted by atomic mass is 10.2. The van der Waals surface area contributed by atoms with Gasteiger partial charge >= 0.3 is 5.97 Å². The third-order valence-electron chi connectivity index (χ3n) is 3.67. The summed E-state index contributed by atoms with van der Waals surface area (Å²) in [4.78, 5) is 30.3. The second-order valence-electron chi connectivity index (χ2n) is 5.63. The van der Waals surface area contributed by atoms with E-state index in [0.29, 0.717) is 5.65 Å². The number of carbonyl (C=O) groups is 2. The van der Waals surface area contributed by atoms with Crippen molar-refractivity contribution in [3.63, 3.8) is 0 Å². The van der Waals surface area contributed by atoms with E-state index in [-0.39, 0.29) is 17.0 Å². The highest BCUT2D eigenvalue weighted by atomic mass is 35.5. The average molecular weight is 339 g/mol. The Morgan fingerprint density at radius 1 is 1.43 bits per heavy atom. The zero-order valence-corrected chi connectivity index (χ0v) is 13.8. The Balaban J connectivity index is 0.000000338. The predicted octanol–water partition coefficient (Wildman–Crippen LogP) is 2.60. The summed E-state index contributed by atoms with van der Waals surface area (Å²) in [5.41, 5.74) is 0.896. The van der Waals surface area contributed by atoms with Gasteiger partial charge in [0.05, 0.1) is 0 Å². The maximum Gasteiger partial charge on any atom is 0.352 e. The van der Waals surface area contributed by atoms with Crippen LogP contribution in [0.5, 0.6) is 0 Å². The molecule has 1 aliphatic rings. The van der Waals surface area contributed by atoms with Crippen LogP contribution in [0.25, 0.3) is 11.0 Å². The van der Waals surface area contributed by atoms with E-state index in [2.05, 4.69) is 9.97 Å². The number of carboxylic acid groups (broad SMARTS) is 1. The maximum atomic E-state index is 11.3. The van der Waals surface area contributed by atoms with Gasteiger partial charge in [-0.25, -0.2) is 9.78 Å². The van der Waals surface area contributed by atoms with E-state index in [1.54, 1.807) is 30.9 Å². The van der Waals surface area contributed by atoms with E-state index in [9.17, 15) is 14.7 Å². The molecule has 2 aromatic rings. The quantitative estimate of drug-likeness (QED) is 0.686. The lowest BCUT2D eigenvalue weighted by Crippen LogP contribution is -2.13. The van der Waals surface area contributed by atoms with Gasteiger partial charge in [-0.1, -0.05) is 12.8 Å². The highest BCUT2D eigenvalue weighted by molar-refractivity contribution is 6.28. The molecule has 0 saturated heterocycles. The summed E-state index contributed by atoms with van der Waals surface area (Å²) < 4.78 is 1.80. The Morgan fingerprint density at radius 3 is 2.57 bits per heavy atom. The summed E-state index contributed by atoms with van der Waals surface area (Å²) in [7, 11) is 3.38. The molecule has 23 heavy (non-hydrogen) atoms. The van der Waals surface area contributed by atoms with Crippen LogP contribution < -0.4 is 0 Å². The lowest BCUT2D eigenvalue weighted by molar-refractivity contribution is -0.115. The Morgan fingerprint density at radius 2 is 2.04 bits per heavy atom. The second kappa shape index (κ2) is 7.41. The fourth-order valence-electron chi connectivity index (χ4n) is 2.68. The molecule has 0 unspecified atom stereocenters. The van der Waals surface area contributed by atoms with Crippen molar-refractivity contribution < 1.29 is 14.7 Å². The summed E-state index contributed by atoms with van der Waals surface area (Å²) in [6.45, 7) is 0. The molecule has 1 aliphatic carbocycles. The van der Waals surface area contributed by atoms with Gasteiger partial charge in [0.2, 0.25) is 11.7 Å². The monoisotopic (exact) mass is 338 g/mol. The van der Waals surface area contributed by atoms with Crippen LogP contribution in [-0.2, 0) is 4.79 Å². The van der Waals surface area contributed by atoms with Gasteiger partial charge in [-0.3, -0.25) is 4.79 Å².